The molecule has 1 atom stereocenters. The molecule has 0 spiro atoms. The maximum atomic E-state index is 13.6. The van der Waals surface area contributed by atoms with Crippen LogP contribution in [0.4, 0.5) is 4.39 Å². The van der Waals surface area contributed by atoms with Crippen molar-refractivity contribution < 1.29 is 9.18 Å². The van der Waals surface area contributed by atoms with E-state index >= 15 is 0 Å². The molecule has 2 fully saturated rings. The molecule has 5 heteroatoms. The van der Waals surface area contributed by atoms with Gasteiger partial charge in [-0.25, -0.2) is 4.39 Å². The number of H-pyrrole nitrogens is 1. The van der Waals surface area contributed by atoms with Gasteiger partial charge in [-0.15, -0.1) is 0 Å². The molecule has 1 aliphatic heterocycles. The van der Waals surface area contributed by atoms with E-state index in [1.807, 2.05) is 6.92 Å². The van der Waals surface area contributed by atoms with E-state index in [9.17, 15) is 9.18 Å². The van der Waals surface area contributed by atoms with Crippen molar-refractivity contribution in [3.8, 4) is 0 Å². The molecule has 1 aromatic heterocycles. The smallest absolute Gasteiger partial charge is 0.253 e. The third-order valence-electron chi connectivity index (χ3n) is 6.14. The van der Waals surface area contributed by atoms with E-state index in [1.165, 1.54) is 50.7 Å². The normalized spacial score (nSPS) is 22.2. The number of rotatable bonds is 4. The number of carbonyl (C=O) groups is 1. The third kappa shape index (κ3) is 3.37. The summed E-state index contributed by atoms with van der Waals surface area (Å²) >= 11 is 0. The molecule has 4 nitrogen and oxygen atoms in total. The van der Waals surface area contributed by atoms with Gasteiger partial charge in [0.15, 0.2) is 0 Å². The molecular formula is C21H28FN3O. The monoisotopic (exact) mass is 357 g/mol. The fourth-order valence-electron chi connectivity index (χ4n) is 4.86. The first-order valence-electron chi connectivity index (χ1n) is 9.95. The summed E-state index contributed by atoms with van der Waals surface area (Å²) in [6.07, 6.45) is 8.99. The molecule has 26 heavy (non-hydrogen) atoms. The van der Waals surface area contributed by atoms with Crippen LogP contribution >= 0.6 is 0 Å². The van der Waals surface area contributed by atoms with Crippen LogP contribution in [0.1, 0.15) is 61.0 Å². The quantitative estimate of drug-likeness (QED) is 0.864. The van der Waals surface area contributed by atoms with Crippen molar-refractivity contribution in [1.82, 2.24) is 15.2 Å². The van der Waals surface area contributed by atoms with Crippen molar-refractivity contribution in [2.24, 2.45) is 0 Å². The van der Waals surface area contributed by atoms with Crippen molar-refractivity contribution in [3.63, 3.8) is 0 Å². The van der Waals surface area contributed by atoms with Crippen molar-refractivity contribution in [3.05, 3.63) is 35.3 Å². The number of hydrogen-bond donors (Lipinski definition) is 2. The van der Waals surface area contributed by atoms with E-state index < -0.39 is 0 Å². The fraction of sp³-hybridized carbons (Fsp3) is 0.571. The summed E-state index contributed by atoms with van der Waals surface area (Å²) in [6.45, 7) is 3.70. The third-order valence-corrected chi connectivity index (χ3v) is 6.14. The second-order valence-corrected chi connectivity index (χ2v) is 7.85. The molecule has 0 radical (unpaired) electrons. The zero-order valence-corrected chi connectivity index (χ0v) is 15.5. The average Bonchev–Trinajstić information content (AvgIpc) is 3.24. The highest BCUT2D eigenvalue weighted by Crippen LogP contribution is 2.29. The van der Waals surface area contributed by atoms with E-state index in [0.29, 0.717) is 29.6 Å². The van der Waals surface area contributed by atoms with Gasteiger partial charge in [-0.2, -0.15) is 0 Å². The van der Waals surface area contributed by atoms with Gasteiger partial charge in [-0.3, -0.25) is 9.69 Å². The molecule has 2 heterocycles. The number of hydrogen-bond acceptors (Lipinski definition) is 2. The number of halogens is 1. The second-order valence-electron chi connectivity index (χ2n) is 7.85. The number of nitrogens with one attached hydrogen (secondary N) is 2. The number of aryl methyl sites for hydroxylation is 1. The Kier molecular flexibility index (Phi) is 4.98. The zero-order valence-electron chi connectivity index (χ0n) is 15.5. The second kappa shape index (κ2) is 7.39. The van der Waals surface area contributed by atoms with Crippen LogP contribution in [0, 0.1) is 12.7 Å². The Labute approximate surface area is 154 Å². The average molecular weight is 357 g/mol. The molecule has 1 aromatic carbocycles. The van der Waals surface area contributed by atoms with E-state index in [0.717, 1.165) is 24.2 Å². The SMILES string of the molecule is Cc1[nH]c2ccc(F)cc2c1C(=O)NCC1CCCN1C1CCCCC1. The van der Waals surface area contributed by atoms with Crippen molar-refractivity contribution >= 4 is 16.8 Å². The topological polar surface area (TPSA) is 48.1 Å². The van der Waals surface area contributed by atoms with E-state index in [4.69, 9.17) is 0 Å². The van der Waals surface area contributed by atoms with E-state index in [-0.39, 0.29) is 11.7 Å². The highest BCUT2D eigenvalue weighted by Gasteiger charge is 2.31. The summed E-state index contributed by atoms with van der Waals surface area (Å²) in [5, 5.41) is 3.79. The van der Waals surface area contributed by atoms with Gasteiger partial charge >= 0.3 is 0 Å². The minimum atomic E-state index is -0.315. The van der Waals surface area contributed by atoms with Gasteiger partial charge in [0.1, 0.15) is 5.82 Å². The number of carbonyl (C=O) groups excluding carboxylic acids is 1. The molecule has 0 bridgehead atoms. The number of aromatic nitrogens is 1. The number of nitrogens with zero attached hydrogens (tertiary/aromatic N) is 1. The van der Waals surface area contributed by atoms with E-state index in [1.54, 1.807) is 6.07 Å². The summed E-state index contributed by atoms with van der Waals surface area (Å²) in [5.74, 6) is -0.417. The molecule has 2 aromatic rings. The van der Waals surface area contributed by atoms with Crippen LogP contribution in [0.15, 0.2) is 18.2 Å². The van der Waals surface area contributed by atoms with Crippen LogP contribution in [-0.2, 0) is 0 Å². The lowest BCUT2D eigenvalue weighted by atomic mass is 9.93. The Morgan fingerprint density at radius 1 is 1.23 bits per heavy atom. The maximum Gasteiger partial charge on any atom is 0.253 e. The molecule has 1 unspecified atom stereocenters. The Hall–Kier alpha value is -1.88. The Morgan fingerprint density at radius 3 is 2.85 bits per heavy atom. The van der Waals surface area contributed by atoms with Crippen molar-refractivity contribution in [1.29, 1.82) is 0 Å². The molecule has 1 saturated carbocycles. The summed E-state index contributed by atoms with van der Waals surface area (Å²) in [4.78, 5) is 18.6. The Balaban J connectivity index is 1.45. The van der Waals surface area contributed by atoms with Gasteiger partial charge in [0, 0.05) is 35.2 Å². The minimum absolute atomic E-state index is 0.102. The zero-order chi connectivity index (χ0) is 18.1. The van der Waals surface area contributed by atoms with Crippen molar-refractivity contribution in [2.45, 2.75) is 64.0 Å². The largest absolute Gasteiger partial charge is 0.358 e. The molecule has 2 aliphatic rings. The first-order chi connectivity index (χ1) is 12.6. The van der Waals surface area contributed by atoms with Crippen LogP contribution in [0.5, 0.6) is 0 Å². The highest BCUT2D eigenvalue weighted by atomic mass is 19.1. The molecular weight excluding hydrogens is 329 g/mol. The van der Waals surface area contributed by atoms with E-state index in [2.05, 4.69) is 15.2 Å². The van der Waals surface area contributed by atoms with Gasteiger partial charge in [0.25, 0.3) is 5.91 Å². The fourth-order valence-corrected chi connectivity index (χ4v) is 4.86. The molecule has 1 saturated heterocycles. The maximum absolute atomic E-state index is 13.6. The summed E-state index contributed by atoms with van der Waals surface area (Å²) in [6, 6.07) is 5.68. The van der Waals surface area contributed by atoms with Gasteiger partial charge in [-0.05, 0) is 57.4 Å². The van der Waals surface area contributed by atoms with Gasteiger partial charge in [-0.1, -0.05) is 19.3 Å². The lowest BCUT2D eigenvalue weighted by molar-refractivity contribution is 0.0921. The standard InChI is InChI=1S/C21H28FN3O/c1-14-20(18-12-15(22)9-10-19(18)24-14)21(26)23-13-17-8-5-11-25(17)16-6-3-2-4-7-16/h9-10,12,16-17,24H,2-8,11,13H2,1H3,(H,23,26). The number of amides is 1. The first kappa shape index (κ1) is 17.5. The Bertz CT molecular complexity index is 794. The summed E-state index contributed by atoms with van der Waals surface area (Å²) in [5.41, 5.74) is 2.17. The highest BCUT2D eigenvalue weighted by molar-refractivity contribution is 6.08. The van der Waals surface area contributed by atoms with Gasteiger partial charge < -0.3 is 10.3 Å². The van der Waals surface area contributed by atoms with Crippen LogP contribution in [0.25, 0.3) is 10.9 Å². The molecule has 140 valence electrons. The molecule has 4 rings (SSSR count). The Morgan fingerprint density at radius 2 is 2.04 bits per heavy atom. The number of likely N-dealkylation sites (tertiary alicyclic amines) is 1. The lowest BCUT2D eigenvalue weighted by Gasteiger charge is -2.35. The van der Waals surface area contributed by atoms with Crippen LogP contribution in [0.3, 0.4) is 0 Å². The van der Waals surface area contributed by atoms with Gasteiger partial charge in [0.05, 0.1) is 5.56 Å². The summed E-state index contributed by atoms with van der Waals surface area (Å²) in [7, 11) is 0. The summed E-state index contributed by atoms with van der Waals surface area (Å²) < 4.78 is 13.6. The number of benzene rings is 1. The molecule has 1 aliphatic carbocycles. The minimum Gasteiger partial charge on any atom is -0.358 e. The van der Waals surface area contributed by atoms with Gasteiger partial charge in [0.2, 0.25) is 0 Å². The lowest BCUT2D eigenvalue weighted by Crippen LogP contribution is -2.45. The van der Waals surface area contributed by atoms with Crippen molar-refractivity contribution in [2.75, 3.05) is 13.1 Å². The molecule has 1 amide bonds. The number of fused-ring (bicyclic) bond motifs is 1. The predicted octanol–water partition coefficient (Wildman–Crippen LogP) is 4.14. The molecule has 2 N–H and O–H groups in total. The predicted molar refractivity (Wildman–Crippen MR) is 102 cm³/mol. The van der Waals surface area contributed by atoms with Crippen LogP contribution < -0.4 is 5.32 Å². The first-order valence-corrected chi connectivity index (χ1v) is 9.95. The van der Waals surface area contributed by atoms with Crippen LogP contribution in [-0.4, -0.2) is 41.0 Å². The number of aromatic amines is 1. The van der Waals surface area contributed by atoms with Crippen LogP contribution in [0.2, 0.25) is 0 Å².